The summed E-state index contributed by atoms with van der Waals surface area (Å²) in [7, 11) is 0. The largest absolute Gasteiger partial charge is 0.295 e. The minimum atomic E-state index is 0.187. The van der Waals surface area contributed by atoms with E-state index in [0.29, 0.717) is 17.1 Å². The van der Waals surface area contributed by atoms with Crippen LogP contribution in [0.15, 0.2) is 11.1 Å². The number of hydrogen-bond acceptors (Lipinski definition) is 1. The predicted octanol–water partition coefficient (Wildman–Crippen LogP) is 7.99. The third-order valence-electron chi connectivity index (χ3n) is 10.5. The zero-order valence-corrected chi connectivity index (χ0v) is 20.2. The molecule has 0 unspecified atom stereocenters. The first kappa shape index (κ1) is 21.6. The minimum absolute atomic E-state index is 0.187. The maximum absolute atomic E-state index is 13.3. The van der Waals surface area contributed by atoms with Gasteiger partial charge in [0, 0.05) is 6.42 Å². The molecule has 1 heteroatoms. The monoisotopic (exact) mass is 398 g/mol. The van der Waals surface area contributed by atoms with Crippen LogP contribution in [0.1, 0.15) is 112 Å². The van der Waals surface area contributed by atoms with Gasteiger partial charge in [-0.05, 0) is 103 Å². The van der Waals surface area contributed by atoms with Crippen LogP contribution in [0, 0.1) is 46.3 Å². The lowest BCUT2D eigenvalue weighted by atomic mass is 9.46. The summed E-state index contributed by atoms with van der Waals surface area (Å²) in [6.07, 6.45) is 14.4. The quantitative estimate of drug-likeness (QED) is 0.458. The molecule has 4 rings (SSSR count). The van der Waals surface area contributed by atoms with Gasteiger partial charge in [0.25, 0.3) is 0 Å². The fraction of sp³-hybridized carbons (Fsp3) is 0.893. The van der Waals surface area contributed by atoms with E-state index in [-0.39, 0.29) is 5.41 Å². The number of rotatable bonds is 5. The van der Waals surface area contributed by atoms with Crippen LogP contribution >= 0.6 is 0 Å². The third kappa shape index (κ3) is 3.57. The first-order valence-corrected chi connectivity index (χ1v) is 12.9. The molecule has 7 atom stereocenters. The first-order chi connectivity index (χ1) is 13.7. The molecule has 0 heterocycles. The number of allylic oxidation sites excluding steroid dienone is 2. The van der Waals surface area contributed by atoms with Gasteiger partial charge in [0.05, 0.1) is 0 Å². The van der Waals surface area contributed by atoms with Crippen LogP contribution in [0.3, 0.4) is 0 Å². The van der Waals surface area contributed by atoms with E-state index in [4.69, 9.17) is 0 Å². The maximum atomic E-state index is 13.3. The molecule has 4 aliphatic carbocycles. The van der Waals surface area contributed by atoms with Crippen molar-refractivity contribution in [2.24, 2.45) is 46.3 Å². The predicted molar refractivity (Wildman–Crippen MR) is 123 cm³/mol. The van der Waals surface area contributed by atoms with Crippen molar-refractivity contribution in [1.82, 2.24) is 0 Å². The van der Waals surface area contributed by atoms with Gasteiger partial charge in [0.2, 0.25) is 0 Å². The Labute approximate surface area is 180 Å². The maximum Gasteiger partial charge on any atom is 0.159 e. The second-order valence-corrected chi connectivity index (χ2v) is 12.5. The molecular formula is C28H46O. The van der Waals surface area contributed by atoms with E-state index in [1.807, 2.05) is 0 Å². The van der Waals surface area contributed by atoms with Crippen LogP contribution in [-0.4, -0.2) is 5.78 Å². The van der Waals surface area contributed by atoms with Crippen LogP contribution in [0.2, 0.25) is 0 Å². The van der Waals surface area contributed by atoms with Crippen molar-refractivity contribution >= 4 is 5.78 Å². The van der Waals surface area contributed by atoms with E-state index in [9.17, 15) is 4.79 Å². The molecule has 3 saturated carbocycles. The Bertz CT molecular complexity index is 672. The lowest BCUT2D eigenvalue weighted by Gasteiger charge is -2.58. The highest BCUT2D eigenvalue weighted by Gasteiger charge is 2.58. The average molecular weight is 399 g/mol. The Morgan fingerprint density at radius 3 is 2.41 bits per heavy atom. The summed E-state index contributed by atoms with van der Waals surface area (Å²) in [5, 5.41) is 0. The number of hydrogen-bond donors (Lipinski definition) is 0. The van der Waals surface area contributed by atoms with Crippen molar-refractivity contribution in [3.05, 3.63) is 11.1 Å². The van der Waals surface area contributed by atoms with Crippen LogP contribution in [0.5, 0.6) is 0 Å². The highest BCUT2D eigenvalue weighted by atomic mass is 16.1. The third-order valence-corrected chi connectivity index (χ3v) is 10.5. The number of carbonyl (C=O) groups is 1. The summed E-state index contributed by atoms with van der Waals surface area (Å²) in [5.74, 6) is 5.05. The van der Waals surface area contributed by atoms with E-state index in [1.165, 1.54) is 69.8 Å². The van der Waals surface area contributed by atoms with Gasteiger partial charge in [-0.15, -0.1) is 0 Å². The minimum Gasteiger partial charge on any atom is -0.295 e. The summed E-state index contributed by atoms with van der Waals surface area (Å²) in [6.45, 7) is 14.5. The van der Waals surface area contributed by atoms with Crippen LogP contribution in [-0.2, 0) is 4.79 Å². The molecule has 0 saturated heterocycles. The molecule has 0 radical (unpaired) electrons. The highest BCUT2D eigenvalue weighted by Crippen LogP contribution is 2.65. The Kier molecular flexibility index (Phi) is 5.84. The zero-order chi connectivity index (χ0) is 21.0. The molecule has 0 aromatic heterocycles. The molecule has 0 aliphatic heterocycles. The molecule has 0 amide bonds. The summed E-state index contributed by atoms with van der Waals surface area (Å²) >= 11 is 0. The van der Waals surface area contributed by atoms with Gasteiger partial charge in [-0.2, -0.15) is 0 Å². The van der Waals surface area contributed by atoms with Gasteiger partial charge in [-0.1, -0.05) is 60.0 Å². The average Bonchev–Trinajstić information content (AvgIpc) is 2.94. The molecule has 0 aromatic carbocycles. The molecule has 4 aliphatic rings. The lowest BCUT2D eigenvalue weighted by molar-refractivity contribution is -0.118. The molecule has 29 heavy (non-hydrogen) atoms. The Balaban J connectivity index is 1.56. The van der Waals surface area contributed by atoms with Crippen LogP contribution in [0.25, 0.3) is 0 Å². The highest BCUT2D eigenvalue weighted by molar-refractivity contribution is 6.00. The fourth-order valence-corrected chi connectivity index (χ4v) is 8.30. The van der Waals surface area contributed by atoms with Gasteiger partial charge in [-0.25, -0.2) is 0 Å². The van der Waals surface area contributed by atoms with E-state index in [2.05, 4.69) is 41.5 Å². The van der Waals surface area contributed by atoms with E-state index >= 15 is 0 Å². The molecule has 0 N–H and O–H groups in total. The molecule has 0 aromatic rings. The van der Waals surface area contributed by atoms with Gasteiger partial charge >= 0.3 is 0 Å². The normalized spacial score (nSPS) is 41.8. The van der Waals surface area contributed by atoms with Gasteiger partial charge in [0.1, 0.15) is 0 Å². The van der Waals surface area contributed by atoms with Gasteiger partial charge in [-0.3, -0.25) is 4.79 Å². The Morgan fingerprint density at radius 2 is 1.69 bits per heavy atom. The molecule has 0 bridgehead atoms. The van der Waals surface area contributed by atoms with E-state index < -0.39 is 0 Å². The summed E-state index contributed by atoms with van der Waals surface area (Å²) in [6, 6.07) is 0. The fourth-order valence-electron chi connectivity index (χ4n) is 8.30. The summed E-state index contributed by atoms with van der Waals surface area (Å²) in [4.78, 5) is 13.3. The molecule has 3 fully saturated rings. The molecule has 164 valence electrons. The van der Waals surface area contributed by atoms with Crippen LogP contribution < -0.4 is 0 Å². The van der Waals surface area contributed by atoms with Crippen LogP contribution in [0.4, 0.5) is 0 Å². The van der Waals surface area contributed by atoms with E-state index in [1.54, 1.807) is 5.57 Å². The number of fused-ring (bicyclic) bond motifs is 5. The topological polar surface area (TPSA) is 17.1 Å². The molecular weight excluding hydrogens is 352 g/mol. The van der Waals surface area contributed by atoms with Crippen molar-refractivity contribution in [2.75, 3.05) is 0 Å². The molecule has 1 nitrogen and oxygen atoms in total. The summed E-state index contributed by atoms with van der Waals surface area (Å²) in [5.41, 5.74) is 3.70. The number of ketones is 1. The SMILES string of the molecule is CC(C)[C@H](C)CC[C@H](C)C1=C2CC[C@H]3[C@@H]4CCCC[C@@]4(C)CC[C@@H]3[C@@]2(C)CC1=O. The zero-order valence-electron chi connectivity index (χ0n) is 20.2. The summed E-state index contributed by atoms with van der Waals surface area (Å²) < 4.78 is 0. The Hall–Kier alpha value is -0.590. The second-order valence-electron chi connectivity index (χ2n) is 12.5. The van der Waals surface area contributed by atoms with Crippen molar-refractivity contribution in [3.8, 4) is 0 Å². The number of carbonyl (C=O) groups excluding carboxylic acids is 1. The van der Waals surface area contributed by atoms with Gasteiger partial charge in [0.15, 0.2) is 5.78 Å². The second kappa shape index (κ2) is 7.83. The van der Waals surface area contributed by atoms with Crippen molar-refractivity contribution in [1.29, 1.82) is 0 Å². The number of Topliss-reactive ketones (excluding diaryl/α,β-unsaturated/α-hetero) is 1. The van der Waals surface area contributed by atoms with Crippen molar-refractivity contribution in [3.63, 3.8) is 0 Å². The lowest BCUT2D eigenvalue weighted by Crippen LogP contribution is -2.50. The standard InChI is InChI=1S/C28H46O/c1-18(2)19(3)10-11-20(4)26-24-13-12-21-22-9-7-8-15-27(22,5)16-14-23(21)28(24,6)17-25(26)29/h18-23H,7-17H2,1-6H3/t19-,20+,21+,22+,23+,27+,28-/m1/s1. The van der Waals surface area contributed by atoms with Crippen molar-refractivity contribution < 1.29 is 4.79 Å². The van der Waals surface area contributed by atoms with Gasteiger partial charge < -0.3 is 0 Å². The smallest absolute Gasteiger partial charge is 0.159 e. The molecule has 0 spiro atoms. The Morgan fingerprint density at radius 1 is 0.931 bits per heavy atom. The van der Waals surface area contributed by atoms with E-state index in [0.717, 1.165) is 36.0 Å². The first-order valence-electron chi connectivity index (χ1n) is 12.9. The van der Waals surface area contributed by atoms with Crippen molar-refractivity contribution in [2.45, 2.75) is 112 Å².